The minimum atomic E-state index is -0.409. The first-order valence-corrected chi connectivity index (χ1v) is 11.9. The Bertz CT molecular complexity index is 1110. The van der Waals surface area contributed by atoms with Crippen LogP contribution in [-0.4, -0.2) is 54.6 Å². The number of aromatic nitrogens is 2. The van der Waals surface area contributed by atoms with Crippen molar-refractivity contribution in [3.8, 4) is 11.3 Å². The van der Waals surface area contributed by atoms with Crippen LogP contribution in [-0.2, 0) is 17.8 Å². The summed E-state index contributed by atoms with van der Waals surface area (Å²) in [6, 6.07) is 19.2. The third kappa shape index (κ3) is 10.1. The largest absolute Gasteiger partial charge is 0.450 e. The van der Waals surface area contributed by atoms with Crippen molar-refractivity contribution in [3.63, 3.8) is 0 Å². The molecule has 2 N–H and O–H groups in total. The molecule has 0 atom stereocenters. The van der Waals surface area contributed by atoms with E-state index in [0.717, 1.165) is 42.1 Å². The zero-order chi connectivity index (χ0) is 25.6. The maximum atomic E-state index is 11.6. The van der Waals surface area contributed by atoms with Crippen LogP contribution in [0.3, 0.4) is 0 Å². The molecule has 3 aromatic rings. The van der Waals surface area contributed by atoms with Crippen molar-refractivity contribution in [1.29, 1.82) is 0 Å². The Morgan fingerprint density at radius 2 is 1.80 bits per heavy atom. The molecule has 0 aliphatic carbocycles. The van der Waals surface area contributed by atoms with Gasteiger partial charge < -0.3 is 15.0 Å². The first-order chi connectivity index (χ1) is 16.8. The molecule has 0 spiro atoms. The summed E-state index contributed by atoms with van der Waals surface area (Å²) in [5, 5.41) is 10.4. The molecule has 8 nitrogen and oxygen atoms in total. The third-order valence-corrected chi connectivity index (χ3v) is 5.02. The normalized spacial score (nSPS) is 10.5. The van der Waals surface area contributed by atoms with Crippen LogP contribution in [0, 0.1) is 6.92 Å². The van der Waals surface area contributed by atoms with Gasteiger partial charge in [0.1, 0.15) is 0 Å². The molecular weight excluding hydrogens is 442 g/mol. The minimum absolute atomic E-state index is 0.0621. The fourth-order valence-electron chi connectivity index (χ4n) is 3.17. The summed E-state index contributed by atoms with van der Waals surface area (Å²) in [4.78, 5) is 24.7. The van der Waals surface area contributed by atoms with E-state index in [1.54, 1.807) is 19.1 Å². The van der Waals surface area contributed by atoms with Crippen molar-refractivity contribution < 1.29 is 9.53 Å². The van der Waals surface area contributed by atoms with Gasteiger partial charge in [-0.15, -0.1) is 0 Å². The number of carbonyl (C=O) groups excluding carboxylic acids is 1. The van der Waals surface area contributed by atoms with Crippen LogP contribution < -0.4 is 16.2 Å². The minimum Gasteiger partial charge on any atom is -0.450 e. The summed E-state index contributed by atoms with van der Waals surface area (Å²) in [5.74, 6) is 0. The van der Waals surface area contributed by atoms with Crippen molar-refractivity contribution >= 4 is 11.8 Å². The predicted molar refractivity (Wildman–Crippen MR) is 142 cm³/mol. The number of hydrogen-bond donors (Lipinski definition) is 2. The molecule has 0 fully saturated rings. The number of amides is 1. The molecule has 0 saturated heterocycles. The summed E-state index contributed by atoms with van der Waals surface area (Å²) < 4.78 is 6.21. The van der Waals surface area contributed by atoms with Crippen LogP contribution in [0.5, 0.6) is 0 Å². The van der Waals surface area contributed by atoms with E-state index >= 15 is 0 Å². The monoisotopic (exact) mass is 479 g/mol. The fraction of sp³-hybridized carbons (Fsp3) is 0.370. The molecule has 0 aliphatic heterocycles. The van der Waals surface area contributed by atoms with E-state index in [4.69, 9.17) is 4.74 Å². The number of benzene rings is 2. The van der Waals surface area contributed by atoms with Crippen molar-refractivity contribution in [3.05, 3.63) is 82.1 Å². The van der Waals surface area contributed by atoms with Crippen molar-refractivity contribution in [2.75, 3.05) is 39.1 Å². The number of anilines is 1. The lowest BCUT2D eigenvalue weighted by Gasteiger charge is -2.10. The maximum Gasteiger partial charge on any atom is 0.411 e. The zero-order valence-electron chi connectivity index (χ0n) is 21.4. The summed E-state index contributed by atoms with van der Waals surface area (Å²) in [7, 11) is 4.14. The quantitative estimate of drug-likeness (QED) is 0.449. The van der Waals surface area contributed by atoms with Crippen LogP contribution in [0.2, 0.25) is 0 Å². The summed E-state index contributed by atoms with van der Waals surface area (Å²) in [6.07, 6.45) is -0.409. The summed E-state index contributed by atoms with van der Waals surface area (Å²) in [5.41, 5.74) is 4.90. The van der Waals surface area contributed by atoms with Crippen LogP contribution in [0.15, 0.2) is 65.5 Å². The van der Waals surface area contributed by atoms with Gasteiger partial charge in [0, 0.05) is 43.5 Å². The molecule has 0 radical (unpaired) electrons. The molecule has 0 saturated carbocycles. The van der Waals surface area contributed by atoms with Gasteiger partial charge in [0.05, 0.1) is 12.3 Å². The van der Waals surface area contributed by atoms with Gasteiger partial charge in [-0.1, -0.05) is 36.4 Å². The van der Waals surface area contributed by atoms with E-state index in [9.17, 15) is 9.59 Å². The van der Waals surface area contributed by atoms with Crippen LogP contribution in [0.25, 0.3) is 11.3 Å². The van der Waals surface area contributed by atoms with Gasteiger partial charge in [-0.25, -0.2) is 9.48 Å². The SMILES string of the molecule is CCOC(=O)Nc1cccc(C)c1.CCn1nc(-c2ccc(CNCCN(C)C)cc2)ccc1=O. The highest BCUT2D eigenvalue weighted by atomic mass is 16.5. The Kier molecular flexibility index (Phi) is 11.7. The van der Waals surface area contributed by atoms with E-state index < -0.39 is 6.09 Å². The lowest BCUT2D eigenvalue weighted by atomic mass is 10.1. The molecule has 188 valence electrons. The second-order valence-electron chi connectivity index (χ2n) is 8.26. The number of carbonyl (C=O) groups is 1. The lowest BCUT2D eigenvalue weighted by molar-refractivity contribution is 0.168. The summed E-state index contributed by atoms with van der Waals surface area (Å²) >= 11 is 0. The van der Waals surface area contributed by atoms with Gasteiger partial charge in [0.15, 0.2) is 0 Å². The van der Waals surface area contributed by atoms with Crippen LogP contribution >= 0.6 is 0 Å². The molecule has 1 aromatic heterocycles. The summed E-state index contributed by atoms with van der Waals surface area (Å²) in [6.45, 7) is 9.49. The maximum absolute atomic E-state index is 11.6. The fourth-order valence-corrected chi connectivity index (χ4v) is 3.17. The highest BCUT2D eigenvalue weighted by Gasteiger charge is 2.03. The van der Waals surface area contributed by atoms with Crippen LogP contribution in [0.4, 0.5) is 10.5 Å². The predicted octanol–water partition coefficient (Wildman–Crippen LogP) is 4.14. The Labute approximate surface area is 207 Å². The van der Waals surface area contributed by atoms with Gasteiger partial charge in [0.25, 0.3) is 5.56 Å². The molecule has 35 heavy (non-hydrogen) atoms. The average Bonchev–Trinajstić information content (AvgIpc) is 2.83. The first-order valence-electron chi connectivity index (χ1n) is 11.9. The van der Waals surface area contributed by atoms with Gasteiger partial charge in [-0.05, 0) is 64.2 Å². The molecule has 0 aliphatic rings. The highest BCUT2D eigenvalue weighted by Crippen LogP contribution is 2.16. The molecule has 8 heteroatoms. The Balaban J connectivity index is 0.000000283. The number of likely N-dealkylation sites (N-methyl/N-ethyl adjacent to an activating group) is 1. The van der Waals surface area contributed by atoms with Crippen molar-refractivity contribution in [2.24, 2.45) is 0 Å². The molecule has 0 unspecified atom stereocenters. The highest BCUT2D eigenvalue weighted by molar-refractivity contribution is 5.84. The molecule has 0 bridgehead atoms. The van der Waals surface area contributed by atoms with Crippen molar-refractivity contribution in [2.45, 2.75) is 33.9 Å². The number of aryl methyl sites for hydroxylation is 2. The first kappa shape index (κ1) is 27.8. The standard InChI is InChI=1S/C17H24N4O.C10H13NO2/c1-4-21-17(22)10-9-16(19-21)15-7-5-14(6-8-15)13-18-11-12-20(2)3;1-3-13-10(12)11-9-6-4-5-8(2)7-9/h5-10,18H,4,11-13H2,1-3H3;4-7H,3H2,1-2H3,(H,11,12). The van der Waals surface area contributed by atoms with Crippen molar-refractivity contribution in [1.82, 2.24) is 20.0 Å². The second-order valence-corrected chi connectivity index (χ2v) is 8.26. The van der Waals surface area contributed by atoms with E-state index in [0.29, 0.717) is 13.2 Å². The average molecular weight is 480 g/mol. The number of hydrogen-bond acceptors (Lipinski definition) is 6. The second kappa shape index (κ2) is 14.7. The zero-order valence-corrected chi connectivity index (χ0v) is 21.4. The Hall–Kier alpha value is -3.49. The lowest BCUT2D eigenvalue weighted by Crippen LogP contribution is -2.26. The Morgan fingerprint density at radius 1 is 1.06 bits per heavy atom. The third-order valence-electron chi connectivity index (χ3n) is 5.02. The van der Waals surface area contributed by atoms with E-state index in [-0.39, 0.29) is 5.56 Å². The van der Waals surface area contributed by atoms with Gasteiger partial charge >= 0.3 is 6.09 Å². The van der Waals surface area contributed by atoms with Crippen LogP contribution in [0.1, 0.15) is 25.0 Å². The van der Waals surface area contributed by atoms with Gasteiger partial charge in [-0.3, -0.25) is 10.1 Å². The molecule has 1 amide bonds. The molecular formula is C27H37N5O3. The topological polar surface area (TPSA) is 88.5 Å². The van der Waals surface area contributed by atoms with Gasteiger partial charge in [-0.2, -0.15) is 5.10 Å². The number of nitrogens with zero attached hydrogens (tertiary/aromatic N) is 3. The van der Waals surface area contributed by atoms with E-state index in [1.165, 1.54) is 10.2 Å². The molecule has 2 aromatic carbocycles. The van der Waals surface area contributed by atoms with E-state index in [2.05, 4.69) is 59.0 Å². The smallest absolute Gasteiger partial charge is 0.411 e. The number of rotatable bonds is 9. The molecule has 1 heterocycles. The number of ether oxygens (including phenoxy) is 1. The Morgan fingerprint density at radius 3 is 2.43 bits per heavy atom. The van der Waals surface area contributed by atoms with Gasteiger partial charge in [0.2, 0.25) is 0 Å². The van der Waals surface area contributed by atoms with E-state index in [1.807, 2.05) is 38.1 Å². The molecule has 3 rings (SSSR count). The number of nitrogens with one attached hydrogen (secondary N) is 2.